The van der Waals surface area contributed by atoms with Crippen LogP contribution in [0.5, 0.6) is 5.75 Å². The van der Waals surface area contributed by atoms with E-state index in [4.69, 9.17) is 4.74 Å². The topological polar surface area (TPSA) is 70.6 Å². The number of benzene rings is 1. The molecule has 0 spiro atoms. The van der Waals surface area contributed by atoms with Crippen LogP contribution in [-0.2, 0) is 6.42 Å². The third-order valence-corrected chi connectivity index (χ3v) is 4.29. The number of carbonyl (C=O) groups excluding carboxylic acids is 1. The minimum atomic E-state index is -0.760. The number of thiophene rings is 1. The highest BCUT2D eigenvalue weighted by Gasteiger charge is 2.11. The van der Waals surface area contributed by atoms with Gasteiger partial charge in [0, 0.05) is 23.9 Å². The lowest BCUT2D eigenvalue weighted by atomic mass is 10.2. The summed E-state index contributed by atoms with van der Waals surface area (Å²) in [6.07, 6.45) is 0.0354. The van der Waals surface area contributed by atoms with Crippen LogP contribution in [0, 0.1) is 6.92 Å². The molecule has 2 amide bonds. The van der Waals surface area contributed by atoms with Crippen LogP contribution < -0.4 is 15.4 Å². The number of nitrogens with one attached hydrogen (secondary N) is 2. The molecule has 0 saturated carbocycles. The molecule has 2 atom stereocenters. The van der Waals surface area contributed by atoms with E-state index in [9.17, 15) is 9.90 Å². The molecule has 0 bridgehead atoms. The maximum absolute atomic E-state index is 11.8. The summed E-state index contributed by atoms with van der Waals surface area (Å²) in [4.78, 5) is 13.1. The Morgan fingerprint density at radius 2 is 2.17 bits per heavy atom. The van der Waals surface area contributed by atoms with Crippen LogP contribution in [0.1, 0.15) is 17.4 Å². The van der Waals surface area contributed by atoms with Gasteiger partial charge in [-0.25, -0.2) is 4.79 Å². The van der Waals surface area contributed by atoms with Gasteiger partial charge in [0.15, 0.2) is 0 Å². The molecule has 0 aliphatic carbocycles. The molecule has 0 aliphatic rings. The number of ether oxygens (including phenoxy) is 1. The SMILES string of the molecule is Cc1cccc(OCC(O)CNC(=O)NC(C)Cc2cccs2)c1. The van der Waals surface area contributed by atoms with Crippen molar-refractivity contribution in [3.8, 4) is 5.75 Å². The van der Waals surface area contributed by atoms with E-state index in [-0.39, 0.29) is 25.2 Å². The lowest BCUT2D eigenvalue weighted by Crippen LogP contribution is -2.45. The predicted molar refractivity (Wildman–Crippen MR) is 96.7 cm³/mol. The summed E-state index contributed by atoms with van der Waals surface area (Å²) in [5.74, 6) is 0.711. The number of aliphatic hydroxyl groups excluding tert-OH is 1. The number of aliphatic hydroxyl groups is 1. The zero-order valence-corrected chi connectivity index (χ0v) is 14.8. The summed E-state index contributed by atoms with van der Waals surface area (Å²) in [7, 11) is 0. The molecule has 1 aromatic heterocycles. The Morgan fingerprint density at radius 3 is 2.88 bits per heavy atom. The van der Waals surface area contributed by atoms with Crippen molar-refractivity contribution >= 4 is 17.4 Å². The molecule has 0 radical (unpaired) electrons. The summed E-state index contributed by atoms with van der Waals surface area (Å²) < 4.78 is 5.51. The van der Waals surface area contributed by atoms with E-state index in [1.807, 2.05) is 55.6 Å². The maximum atomic E-state index is 11.8. The van der Waals surface area contributed by atoms with Crippen LogP contribution >= 0.6 is 11.3 Å². The average molecular weight is 348 g/mol. The first-order valence-electron chi connectivity index (χ1n) is 7.97. The Morgan fingerprint density at radius 1 is 1.33 bits per heavy atom. The molecule has 130 valence electrons. The van der Waals surface area contributed by atoms with Gasteiger partial charge in [-0.2, -0.15) is 0 Å². The van der Waals surface area contributed by atoms with Gasteiger partial charge in [0.05, 0.1) is 0 Å². The average Bonchev–Trinajstić information content (AvgIpc) is 3.03. The second-order valence-corrected chi connectivity index (χ2v) is 6.85. The third-order valence-electron chi connectivity index (χ3n) is 3.40. The van der Waals surface area contributed by atoms with Crippen LogP contribution in [0.4, 0.5) is 4.79 Å². The number of hydrogen-bond donors (Lipinski definition) is 3. The number of rotatable bonds is 8. The minimum absolute atomic E-state index is 0.0318. The van der Waals surface area contributed by atoms with E-state index in [1.165, 1.54) is 4.88 Å². The summed E-state index contributed by atoms with van der Waals surface area (Å²) in [6, 6.07) is 11.4. The van der Waals surface area contributed by atoms with Crippen molar-refractivity contribution in [3.63, 3.8) is 0 Å². The molecule has 6 heteroatoms. The molecule has 1 aromatic carbocycles. The Kier molecular flexibility index (Phi) is 7.08. The molecular weight excluding hydrogens is 324 g/mol. The molecule has 2 rings (SSSR count). The lowest BCUT2D eigenvalue weighted by Gasteiger charge is -2.16. The van der Waals surface area contributed by atoms with E-state index >= 15 is 0 Å². The number of aryl methyl sites for hydroxylation is 1. The third kappa shape index (κ3) is 6.60. The Labute approximate surface area is 146 Å². The predicted octanol–water partition coefficient (Wildman–Crippen LogP) is 2.73. The smallest absolute Gasteiger partial charge is 0.315 e. The van der Waals surface area contributed by atoms with Crippen LogP contribution in [0.3, 0.4) is 0 Å². The summed E-state index contributed by atoms with van der Waals surface area (Å²) in [6.45, 7) is 4.21. The van der Waals surface area contributed by atoms with Crippen LogP contribution in [0.2, 0.25) is 0 Å². The van der Waals surface area contributed by atoms with Gasteiger partial charge in [-0.15, -0.1) is 11.3 Å². The molecule has 24 heavy (non-hydrogen) atoms. The van der Waals surface area contributed by atoms with Gasteiger partial charge in [0.2, 0.25) is 0 Å². The highest BCUT2D eigenvalue weighted by molar-refractivity contribution is 7.09. The maximum Gasteiger partial charge on any atom is 0.315 e. The summed E-state index contributed by atoms with van der Waals surface area (Å²) >= 11 is 1.67. The van der Waals surface area contributed by atoms with Gasteiger partial charge in [-0.1, -0.05) is 18.2 Å². The van der Waals surface area contributed by atoms with E-state index in [2.05, 4.69) is 10.6 Å². The number of urea groups is 1. The molecule has 1 heterocycles. The van der Waals surface area contributed by atoms with E-state index in [1.54, 1.807) is 11.3 Å². The van der Waals surface area contributed by atoms with Crippen molar-refractivity contribution in [2.45, 2.75) is 32.4 Å². The highest BCUT2D eigenvalue weighted by Crippen LogP contribution is 2.12. The molecule has 0 aliphatic heterocycles. The molecular formula is C18H24N2O3S. The van der Waals surface area contributed by atoms with Gasteiger partial charge in [0.25, 0.3) is 0 Å². The van der Waals surface area contributed by atoms with Crippen molar-refractivity contribution in [2.24, 2.45) is 0 Å². The fraction of sp³-hybridized carbons (Fsp3) is 0.389. The zero-order valence-electron chi connectivity index (χ0n) is 14.0. The number of amides is 2. The minimum Gasteiger partial charge on any atom is -0.491 e. The highest BCUT2D eigenvalue weighted by atomic mass is 32.1. The normalized spacial score (nSPS) is 13.1. The molecule has 2 unspecified atom stereocenters. The van der Waals surface area contributed by atoms with Crippen molar-refractivity contribution < 1.29 is 14.6 Å². The Hall–Kier alpha value is -2.05. The molecule has 5 nitrogen and oxygen atoms in total. The molecule has 2 aromatic rings. The quantitative estimate of drug-likeness (QED) is 0.687. The largest absolute Gasteiger partial charge is 0.491 e. The first-order chi connectivity index (χ1) is 11.5. The Bertz CT molecular complexity index is 631. The second-order valence-electron chi connectivity index (χ2n) is 5.82. The second kappa shape index (κ2) is 9.30. The first kappa shape index (κ1) is 18.3. The van der Waals surface area contributed by atoms with Crippen molar-refractivity contribution in [1.29, 1.82) is 0 Å². The summed E-state index contributed by atoms with van der Waals surface area (Å²) in [5, 5.41) is 17.4. The van der Waals surface area contributed by atoms with Crippen LogP contribution in [-0.4, -0.2) is 36.4 Å². The molecule has 0 saturated heterocycles. The van der Waals surface area contributed by atoms with Gasteiger partial charge in [0.1, 0.15) is 18.5 Å². The van der Waals surface area contributed by atoms with Gasteiger partial charge in [-0.3, -0.25) is 0 Å². The zero-order chi connectivity index (χ0) is 17.4. The van der Waals surface area contributed by atoms with E-state index < -0.39 is 6.10 Å². The summed E-state index contributed by atoms with van der Waals surface area (Å²) in [5.41, 5.74) is 1.10. The van der Waals surface area contributed by atoms with Crippen LogP contribution in [0.25, 0.3) is 0 Å². The Balaban J connectivity index is 1.63. The van der Waals surface area contributed by atoms with Crippen LogP contribution in [0.15, 0.2) is 41.8 Å². The monoisotopic (exact) mass is 348 g/mol. The fourth-order valence-electron chi connectivity index (χ4n) is 2.22. The van der Waals surface area contributed by atoms with Gasteiger partial charge < -0.3 is 20.5 Å². The van der Waals surface area contributed by atoms with Crippen molar-refractivity contribution in [2.75, 3.05) is 13.2 Å². The lowest BCUT2D eigenvalue weighted by molar-refractivity contribution is 0.107. The van der Waals surface area contributed by atoms with Gasteiger partial charge in [-0.05, 0) is 43.0 Å². The first-order valence-corrected chi connectivity index (χ1v) is 8.85. The van der Waals surface area contributed by atoms with E-state index in [0.717, 1.165) is 12.0 Å². The van der Waals surface area contributed by atoms with Gasteiger partial charge >= 0.3 is 6.03 Å². The van der Waals surface area contributed by atoms with E-state index in [0.29, 0.717) is 5.75 Å². The standard InChI is InChI=1S/C18H24N2O3S/c1-13-5-3-6-16(9-13)23-12-15(21)11-19-18(22)20-14(2)10-17-7-4-8-24-17/h3-9,14-15,21H,10-12H2,1-2H3,(H2,19,20,22). The number of carbonyl (C=O) groups is 1. The molecule has 0 fully saturated rings. The van der Waals surface area contributed by atoms with Crippen molar-refractivity contribution in [3.05, 3.63) is 52.2 Å². The van der Waals surface area contributed by atoms with Crippen molar-refractivity contribution in [1.82, 2.24) is 10.6 Å². The fourth-order valence-corrected chi connectivity index (χ4v) is 3.06. The molecule has 3 N–H and O–H groups in total. The number of hydrogen-bond acceptors (Lipinski definition) is 4.